The van der Waals surface area contributed by atoms with Crippen LogP contribution in [0.25, 0.3) is 10.9 Å². The van der Waals surface area contributed by atoms with Crippen LogP contribution in [0.3, 0.4) is 0 Å². The van der Waals surface area contributed by atoms with E-state index in [1.165, 1.54) is 0 Å². The highest BCUT2D eigenvalue weighted by Gasteiger charge is 2.43. The molecule has 0 bridgehead atoms. The molecule has 7 nitrogen and oxygen atoms in total. The van der Waals surface area contributed by atoms with Gasteiger partial charge in [-0.05, 0) is 38.0 Å². The van der Waals surface area contributed by atoms with Crippen molar-refractivity contribution in [3.05, 3.63) is 28.9 Å². The lowest BCUT2D eigenvalue weighted by molar-refractivity contribution is -0.187. The number of thioether (sulfide) groups is 1. The van der Waals surface area contributed by atoms with Crippen LogP contribution in [-0.4, -0.2) is 95.2 Å². The van der Waals surface area contributed by atoms with Crippen molar-refractivity contribution in [3.8, 4) is 0 Å². The minimum Gasteiger partial charge on any atom is -0.381 e. The van der Waals surface area contributed by atoms with Crippen LogP contribution in [0.2, 0.25) is 5.02 Å². The Labute approximate surface area is 216 Å². The first kappa shape index (κ1) is 25.7. The van der Waals surface area contributed by atoms with Crippen molar-refractivity contribution in [2.24, 2.45) is 4.99 Å². The van der Waals surface area contributed by atoms with Gasteiger partial charge in [-0.15, -0.1) is 11.8 Å². The number of alkyl halides is 3. The summed E-state index contributed by atoms with van der Waals surface area (Å²) in [7, 11) is 0. The molecule has 2 fully saturated rings. The second-order valence-corrected chi connectivity index (χ2v) is 11.0. The highest BCUT2D eigenvalue weighted by atomic mass is 35.5. The summed E-state index contributed by atoms with van der Waals surface area (Å²) in [4.78, 5) is 23.0. The van der Waals surface area contributed by atoms with Crippen LogP contribution in [0.5, 0.6) is 0 Å². The molecule has 4 heterocycles. The first-order valence-corrected chi connectivity index (χ1v) is 13.5. The Kier molecular flexibility index (Phi) is 7.44. The number of anilines is 1. The van der Waals surface area contributed by atoms with Crippen LogP contribution in [0.15, 0.2) is 23.2 Å². The highest BCUT2D eigenvalue weighted by Crippen LogP contribution is 2.33. The van der Waals surface area contributed by atoms with E-state index in [0.717, 1.165) is 64.0 Å². The smallest absolute Gasteiger partial charge is 0.381 e. The summed E-state index contributed by atoms with van der Waals surface area (Å²) in [5.41, 5.74) is 2.89. The number of benzene rings is 1. The molecule has 1 aromatic heterocycles. The van der Waals surface area contributed by atoms with Gasteiger partial charge < -0.3 is 19.9 Å². The predicted molar refractivity (Wildman–Crippen MR) is 137 cm³/mol. The average molecular weight is 544 g/mol. The van der Waals surface area contributed by atoms with Gasteiger partial charge in [0.25, 0.3) is 0 Å². The summed E-state index contributed by atoms with van der Waals surface area (Å²) >= 11 is 8.08. The van der Waals surface area contributed by atoms with Gasteiger partial charge in [-0.2, -0.15) is 13.2 Å². The molecule has 2 N–H and O–H groups in total. The summed E-state index contributed by atoms with van der Waals surface area (Å²) in [6.45, 7) is 4.51. The van der Waals surface area contributed by atoms with Crippen LogP contribution in [0, 0.1) is 0 Å². The molecular weight excluding hydrogens is 515 g/mol. The van der Waals surface area contributed by atoms with Crippen LogP contribution in [0.4, 0.5) is 18.9 Å². The topological polar surface area (TPSA) is 73.0 Å². The second kappa shape index (κ2) is 10.4. The Hall–Kier alpha value is -1.95. The maximum Gasteiger partial charge on any atom is 0.471 e. The fraction of sp³-hybridized carbons (Fsp3) is 0.583. The summed E-state index contributed by atoms with van der Waals surface area (Å²) in [5.74, 6) is -0.960. The summed E-state index contributed by atoms with van der Waals surface area (Å²) in [5, 5.41) is 6.21. The Morgan fingerprint density at radius 3 is 2.64 bits per heavy atom. The van der Waals surface area contributed by atoms with Crippen LogP contribution >= 0.6 is 23.4 Å². The number of aromatic amines is 1. The molecule has 12 heteroatoms. The third kappa shape index (κ3) is 5.49. The Morgan fingerprint density at radius 1 is 1.22 bits per heavy atom. The molecule has 1 amide bonds. The molecule has 2 unspecified atom stereocenters. The SMILES string of the molecule is CC(C1CSC(c2cc3cc(Cl)cc(NC4CCOCC4)c3[nH]2)=N1)N1CCN(C(=O)C(F)(F)F)CC1. The molecule has 0 aliphatic carbocycles. The van der Waals surface area contributed by atoms with Crippen molar-refractivity contribution in [2.75, 3.05) is 50.5 Å². The monoisotopic (exact) mass is 543 g/mol. The molecule has 36 heavy (non-hydrogen) atoms. The quantitative estimate of drug-likeness (QED) is 0.586. The molecule has 196 valence electrons. The minimum absolute atomic E-state index is 0.0182. The number of carbonyl (C=O) groups is 1. The lowest BCUT2D eigenvalue weighted by atomic mass is 10.1. The molecule has 1 aromatic carbocycles. The van der Waals surface area contributed by atoms with Crippen LogP contribution in [0.1, 0.15) is 25.5 Å². The van der Waals surface area contributed by atoms with Gasteiger partial charge in [0, 0.05) is 67.6 Å². The largest absolute Gasteiger partial charge is 0.471 e. The van der Waals surface area contributed by atoms with Gasteiger partial charge in [0.15, 0.2) is 0 Å². The number of aliphatic imine (C=N–C) groups is 1. The van der Waals surface area contributed by atoms with Crippen molar-refractivity contribution < 1.29 is 22.7 Å². The van der Waals surface area contributed by atoms with Gasteiger partial charge in [0.1, 0.15) is 5.04 Å². The average Bonchev–Trinajstić information content (AvgIpc) is 3.51. The molecule has 3 aliphatic rings. The summed E-state index contributed by atoms with van der Waals surface area (Å²) in [6, 6.07) is 6.36. The van der Waals surface area contributed by atoms with Crippen molar-refractivity contribution in [1.82, 2.24) is 14.8 Å². The molecule has 0 spiro atoms. The number of carbonyl (C=O) groups excluding carboxylic acids is 1. The van der Waals surface area contributed by atoms with Crippen molar-refractivity contribution >= 4 is 50.9 Å². The number of amides is 1. The number of halogens is 4. The number of fused-ring (bicyclic) bond motifs is 1. The van der Waals surface area contributed by atoms with E-state index in [1.54, 1.807) is 11.8 Å². The first-order chi connectivity index (χ1) is 17.2. The maximum atomic E-state index is 12.7. The summed E-state index contributed by atoms with van der Waals surface area (Å²) in [6.07, 6.45) is -2.93. The van der Waals surface area contributed by atoms with Crippen LogP contribution in [-0.2, 0) is 9.53 Å². The number of aromatic nitrogens is 1. The third-order valence-electron chi connectivity index (χ3n) is 7.16. The van der Waals surface area contributed by atoms with Gasteiger partial charge in [-0.25, -0.2) is 0 Å². The molecule has 2 aromatic rings. The minimum atomic E-state index is -4.82. The van der Waals surface area contributed by atoms with Gasteiger partial charge >= 0.3 is 12.1 Å². The normalized spacial score (nSPS) is 23.2. The zero-order chi connectivity index (χ0) is 25.4. The number of rotatable bonds is 5. The molecule has 2 atom stereocenters. The maximum absolute atomic E-state index is 12.7. The van der Waals surface area contributed by atoms with E-state index in [-0.39, 0.29) is 25.2 Å². The van der Waals surface area contributed by atoms with Crippen LogP contribution < -0.4 is 5.32 Å². The van der Waals surface area contributed by atoms with E-state index in [2.05, 4.69) is 28.2 Å². The van der Waals surface area contributed by atoms with Gasteiger partial charge in [-0.3, -0.25) is 14.7 Å². The lowest BCUT2D eigenvalue weighted by Crippen LogP contribution is -2.55. The molecule has 0 saturated carbocycles. The molecule has 3 aliphatic heterocycles. The number of hydrogen-bond acceptors (Lipinski definition) is 6. The molecular formula is C24H29ClF3N5O2S. The van der Waals surface area contributed by atoms with E-state index in [9.17, 15) is 18.0 Å². The van der Waals surface area contributed by atoms with Crippen molar-refractivity contribution in [3.63, 3.8) is 0 Å². The highest BCUT2D eigenvalue weighted by molar-refractivity contribution is 8.14. The lowest BCUT2D eigenvalue weighted by Gasteiger charge is -2.39. The number of piperazine rings is 1. The summed E-state index contributed by atoms with van der Waals surface area (Å²) < 4.78 is 43.7. The third-order valence-corrected chi connectivity index (χ3v) is 8.48. The van der Waals surface area contributed by atoms with Gasteiger partial charge in [0.05, 0.1) is 22.9 Å². The number of nitrogens with zero attached hydrogens (tertiary/aromatic N) is 3. The first-order valence-electron chi connectivity index (χ1n) is 12.2. The Morgan fingerprint density at radius 2 is 1.94 bits per heavy atom. The van der Waals surface area contributed by atoms with E-state index >= 15 is 0 Å². The van der Waals surface area contributed by atoms with Crippen molar-refractivity contribution in [1.29, 1.82) is 0 Å². The van der Waals surface area contributed by atoms with Crippen molar-refractivity contribution in [2.45, 2.75) is 44.1 Å². The molecule has 0 radical (unpaired) electrons. The van der Waals surface area contributed by atoms with E-state index in [1.807, 2.05) is 12.1 Å². The zero-order valence-corrected chi connectivity index (χ0v) is 21.5. The standard InChI is InChI=1S/C24H29ClF3N5O2S/c1-14(32-4-6-33(7-5-32)23(34)24(26,27)28)20-13-36-22(31-20)19-11-15-10-16(25)12-18(21(15)30-19)29-17-2-8-35-9-3-17/h10-12,14,17,20,29-30H,2-9,13H2,1H3. The molecule has 5 rings (SSSR count). The Bertz CT molecular complexity index is 1140. The number of hydrogen-bond donors (Lipinski definition) is 2. The van der Waals surface area contributed by atoms with E-state index in [4.69, 9.17) is 21.3 Å². The van der Waals surface area contributed by atoms with Gasteiger partial charge in [0.2, 0.25) is 0 Å². The Balaban J connectivity index is 1.27. The predicted octanol–water partition coefficient (Wildman–Crippen LogP) is 4.37. The number of H-pyrrole nitrogens is 1. The zero-order valence-electron chi connectivity index (χ0n) is 19.9. The van der Waals surface area contributed by atoms with E-state index in [0.29, 0.717) is 24.2 Å². The fourth-order valence-corrected chi connectivity index (χ4v) is 6.42. The van der Waals surface area contributed by atoms with Gasteiger partial charge in [-0.1, -0.05) is 11.6 Å². The number of nitrogens with one attached hydrogen (secondary N) is 2. The fourth-order valence-electron chi connectivity index (χ4n) is 5.04. The second-order valence-electron chi connectivity index (χ2n) is 9.51. The van der Waals surface area contributed by atoms with E-state index < -0.39 is 12.1 Å². The molecule has 2 saturated heterocycles. The number of ether oxygens (including phenoxy) is 1.